The summed E-state index contributed by atoms with van der Waals surface area (Å²) in [5, 5.41) is 10.7. The van der Waals surface area contributed by atoms with E-state index in [9.17, 15) is 5.11 Å². The van der Waals surface area contributed by atoms with Gasteiger partial charge in [0.1, 0.15) is 10.8 Å². The Bertz CT molecular complexity index is 760. The highest BCUT2D eigenvalue weighted by molar-refractivity contribution is 6.29. The number of benzene rings is 1. The van der Waals surface area contributed by atoms with Crippen molar-refractivity contribution in [1.29, 1.82) is 0 Å². The first-order valence-corrected chi connectivity index (χ1v) is 6.87. The number of aliphatic hydroxyl groups excluding tert-OH is 1. The molecule has 4 heteroatoms. The van der Waals surface area contributed by atoms with Gasteiger partial charge in [-0.1, -0.05) is 47.5 Å². The first-order chi connectivity index (χ1) is 9.58. The van der Waals surface area contributed by atoms with Gasteiger partial charge in [-0.25, -0.2) is 4.98 Å². The maximum absolute atomic E-state index is 10.1. The molecule has 1 atom stereocenters. The molecular formula is C16H15ClN2O. The van der Waals surface area contributed by atoms with Gasteiger partial charge in [0, 0.05) is 5.56 Å². The highest BCUT2D eigenvalue weighted by Crippen LogP contribution is 2.31. The van der Waals surface area contributed by atoms with Gasteiger partial charge < -0.3 is 5.11 Å². The monoisotopic (exact) mass is 286 g/mol. The van der Waals surface area contributed by atoms with Gasteiger partial charge in [-0.05, 0) is 26.0 Å². The topological polar surface area (TPSA) is 37.5 Å². The van der Waals surface area contributed by atoms with Crippen LogP contribution in [0.2, 0.25) is 5.15 Å². The quantitative estimate of drug-likeness (QED) is 0.723. The van der Waals surface area contributed by atoms with Crippen LogP contribution in [-0.4, -0.2) is 14.5 Å². The SMILES string of the molecule is Cc1ccc(-c2nc3cccc(Cl)n3c2C(C)O)cc1. The van der Waals surface area contributed by atoms with Gasteiger partial charge >= 0.3 is 0 Å². The molecular weight excluding hydrogens is 272 g/mol. The smallest absolute Gasteiger partial charge is 0.138 e. The minimum Gasteiger partial charge on any atom is -0.387 e. The van der Waals surface area contributed by atoms with Gasteiger partial charge in [0.2, 0.25) is 0 Å². The fraction of sp³-hybridized carbons (Fsp3) is 0.188. The molecule has 0 aliphatic rings. The molecule has 0 spiro atoms. The first-order valence-electron chi connectivity index (χ1n) is 6.50. The Morgan fingerprint density at radius 2 is 1.85 bits per heavy atom. The van der Waals surface area contributed by atoms with E-state index < -0.39 is 6.10 Å². The number of rotatable bonds is 2. The molecule has 2 heterocycles. The van der Waals surface area contributed by atoms with Crippen LogP contribution in [0.5, 0.6) is 0 Å². The number of imidazole rings is 1. The third-order valence-corrected chi connectivity index (χ3v) is 3.65. The molecule has 0 fully saturated rings. The molecule has 3 nitrogen and oxygen atoms in total. The fourth-order valence-electron chi connectivity index (χ4n) is 2.38. The second-order valence-corrected chi connectivity index (χ2v) is 5.32. The molecule has 0 aliphatic heterocycles. The van der Waals surface area contributed by atoms with Gasteiger partial charge in [0.05, 0.1) is 17.5 Å². The fourth-order valence-corrected chi connectivity index (χ4v) is 2.63. The van der Waals surface area contributed by atoms with E-state index in [1.807, 2.05) is 43.3 Å². The van der Waals surface area contributed by atoms with Crippen molar-refractivity contribution in [1.82, 2.24) is 9.38 Å². The van der Waals surface area contributed by atoms with Gasteiger partial charge in [-0.3, -0.25) is 4.40 Å². The van der Waals surface area contributed by atoms with Crippen LogP contribution in [0.15, 0.2) is 42.5 Å². The summed E-state index contributed by atoms with van der Waals surface area (Å²) < 4.78 is 1.79. The van der Waals surface area contributed by atoms with E-state index in [1.165, 1.54) is 5.56 Å². The van der Waals surface area contributed by atoms with Crippen molar-refractivity contribution in [2.24, 2.45) is 0 Å². The number of halogens is 1. The Morgan fingerprint density at radius 3 is 2.50 bits per heavy atom. The lowest BCUT2D eigenvalue weighted by Crippen LogP contribution is -2.00. The molecule has 0 bridgehead atoms. The lowest BCUT2D eigenvalue weighted by Gasteiger charge is -2.09. The van der Waals surface area contributed by atoms with Gasteiger partial charge in [-0.15, -0.1) is 0 Å². The van der Waals surface area contributed by atoms with Crippen LogP contribution in [0, 0.1) is 6.92 Å². The summed E-state index contributed by atoms with van der Waals surface area (Å²) in [4.78, 5) is 4.61. The Kier molecular flexibility index (Phi) is 3.24. The molecule has 2 aromatic heterocycles. The number of nitrogens with zero attached hydrogens (tertiary/aromatic N) is 2. The van der Waals surface area contributed by atoms with Crippen LogP contribution >= 0.6 is 11.6 Å². The number of fused-ring (bicyclic) bond motifs is 1. The van der Waals surface area contributed by atoms with Gasteiger partial charge in [0.25, 0.3) is 0 Å². The molecule has 3 rings (SSSR count). The second kappa shape index (κ2) is 4.93. The van der Waals surface area contributed by atoms with Crippen LogP contribution in [0.1, 0.15) is 24.3 Å². The van der Waals surface area contributed by atoms with Crippen molar-refractivity contribution in [3.63, 3.8) is 0 Å². The minimum absolute atomic E-state index is 0.546. The Balaban J connectivity index is 2.32. The third-order valence-electron chi connectivity index (χ3n) is 3.35. The molecule has 1 aromatic carbocycles. The van der Waals surface area contributed by atoms with Crippen molar-refractivity contribution >= 4 is 17.2 Å². The largest absolute Gasteiger partial charge is 0.387 e. The first kappa shape index (κ1) is 13.2. The summed E-state index contributed by atoms with van der Waals surface area (Å²) in [6.45, 7) is 3.77. The van der Waals surface area contributed by atoms with E-state index in [0.29, 0.717) is 5.15 Å². The molecule has 1 N–H and O–H groups in total. The number of aliphatic hydroxyl groups is 1. The number of aromatic nitrogens is 2. The Morgan fingerprint density at radius 1 is 1.15 bits per heavy atom. The lowest BCUT2D eigenvalue weighted by atomic mass is 10.1. The molecule has 102 valence electrons. The molecule has 0 radical (unpaired) electrons. The van der Waals surface area contributed by atoms with E-state index in [0.717, 1.165) is 22.6 Å². The average Bonchev–Trinajstić information content (AvgIpc) is 2.80. The minimum atomic E-state index is -0.652. The predicted molar refractivity (Wildman–Crippen MR) is 81.0 cm³/mol. The average molecular weight is 287 g/mol. The summed E-state index contributed by atoms with van der Waals surface area (Å²) in [5.74, 6) is 0. The molecule has 0 aliphatic carbocycles. The molecule has 0 amide bonds. The van der Waals surface area contributed by atoms with Crippen LogP contribution in [0.3, 0.4) is 0 Å². The van der Waals surface area contributed by atoms with Crippen molar-refractivity contribution < 1.29 is 5.11 Å². The van der Waals surface area contributed by atoms with E-state index in [2.05, 4.69) is 4.98 Å². The van der Waals surface area contributed by atoms with Crippen LogP contribution in [0.4, 0.5) is 0 Å². The zero-order chi connectivity index (χ0) is 14.3. The van der Waals surface area contributed by atoms with Gasteiger partial charge in [0.15, 0.2) is 0 Å². The summed E-state index contributed by atoms with van der Waals surface area (Å²) in [5.41, 5.74) is 4.40. The van der Waals surface area contributed by atoms with Crippen molar-refractivity contribution in [2.75, 3.05) is 0 Å². The summed E-state index contributed by atoms with van der Waals surface area (Å²) in [6, 6.07) is 13.6. The number of hydrogen-bond acceptors (Lipinski definition) is 2. The highest BCUT2D eigenvalue weighted by atomic mass is 35.5. The normalized spacial score (nSPS) is 12.8. The van der Waals surface area contributed by atoms with Crippen LogP contribution < -0.4 is 0 Å². The van der Waals surface area contributed by atoms with E-state index in [4.69, 9.17) is 11.6 Å². The highest BCUT2D eigenvalue weighted by Gasteiger charge is 2.19. The predicted octanol–water partition coefficient (Wildman–Crippen LogP) is 4.02. The van der Waals surface area contributed by atoms with E-state index in [-0.39, 0.29) is 0 Å². The number of aryl methyl sites for hydroxylation is 1. The van der Waals surface area contributed by atoms with Crippen molar-refractivity contribution in [2.45, 2.75) is 20.0 Å². The molecule has 0 saturated heterocycles. The number of pyridine rings is 1. The molecule has 0 saturated carbocycles. The maximum Gasteiger partial charge on any atom is 0.138 e. The Hall–Kier alpha value is -1.84. The molecule has 20 heavy (non-hydrogen) atoms. The zero-order valence-corrected chi connectivity index (χ0v) is 12.1. The van der Waals surface area contributed by atoms with Crippen LogP contribution in [0.25, 0.3) is 16.9 Å². The van der Waals surface area contributed by atoms with E-state index >= 15 is 0 Å². The van der Waals surface area contributed by atoms with Gasteiger partial charge in [-0.2, -0.15) is 0 Å². The van der Waals surface area contributed by atoms with E-state index in [1.54, 1.807) is 17.4 Å². The lowest BCUT2D eigenvalue weighted by molar-refractivity contribution is 0.194. The third kappa shape index (κ3) is 2.09. The maximum atomic E-state index is 10.1. The standard InChI is InChI=1S/C16H15ClN2O/c1-10-6-8-12(9-7-10)15-16(11(2)20)19-13(17)4-3-5-14(19)18-15/h3-9,11,20H,1-2H3. The second-order valence-electron chi connectivity index (χ2n) is 4.93. The molecule has 1 unspecified atom stereocenters. The van der Waals surface area contributed by atoms with Crippen LogP contribution in [-0.2, 0) is 0 Å². The Labute approximate surface area is 122 Å². The number of hydrogen-bond donors (Lipinski definition) is 1. The summed E-state index contributed by atoms with van der Waals surface area (Å²) in [6.07, 6.45) is -0.652. The molecule has 3 aromatic rings. The van der Waals surface area contributed by atoms with Crippen molar-refractivity contribution in [3.05, 3.63) is 58.9 Å². The summed E-state index contributed by atoms with van der Waals surface area (Å²) >= 11 is 6.24. The van der Waals surface area contributed by atoms with Crippen molar-refractivity contribution in [3.8, 4) is 11.3 Å². The zero-order valence-electron chi connectivity index (χ0n) is 11.3. The summed E-state index contributed by atoms with van der Waals surface area (Å²) in [7, 11) is 0.